The minimum Gasteiger partial charge on any atom is -0.337 e. The summed E-state index contributed by atoms with van der Waals surface area (Å²) in [6.45, 7) is 2.10. The fourth-order valence-corrected chi connectivity index (χ4v) is 2.38. The molecule has 0 spiro atoms. The number of rotatable bonds is 6. The van der Waals surface area contributed by atoms with E-state index in [9.17, 15) is 0 Å². The standard InChI is InChI=1S/C11H15IN4/c12-7-11(8-16-6-3-14-10-16)1-4-15-5-2-13-9-15/h2-3,5-6,9-11H,1,4,7-8H2. The maximum absolute atomic E-state index is 4.06. The molecular weight excluding hydrogens is 315 g/mol. The number of halogens is 1. The highest BCUT2D eigenvalue weighted by Gasteiger charge is 2.07. The van der Waals surface area contributed by atoms with Gasteiger partial charge >= 0.3 is 0 Å². The van der Waals surface area contributed by atoms with Crippen LogP contribution in [-0.4, -0.2) is 23.5 Å². The SMILES string of the molecule is ICC(CCn1ccnc1)Cn1ccnc1. The Labute approximate surface area is 109 Å². The first-order chi connectivity index (χ1) is 7.88. The normalized spacial score (nSPS) is 12.8. The van der Waals surface area contributed by atoms with Gasteiger partial charge < -0.3 is 9.13 Å². The summed E-state index contributed by atoms with van der Waals surface area (Å²) in [5.74, 6) is 0.692. The van der Waals surface area contributed by atoms with E-state index < -0.39 is 0 Å². The zero-order valence-electron chi connectivity index (χ0n) is 9.04. The van der Waals surface area contributed by atoms with Gasteiger partial charge in [0.05, 0.1) is 12.7 Å². The Balaban J connectivity index is 1.81. The average molecular weight is 330 g/mol. The lowest BCUT2D eigenvalue weighted by Gasteiger charge is -2.14. The van der Waals surface area contributed by atoms with Gasteiger partial charge in [-0.1, -0.05) is 22.6 Å². The molecule has 2 aromatic heterocycles. The topological polar surface area (TPSA) is 35.6 Å². The minimum atomic E-state index is 0.692. The minimum absolute atomic E-state index is 0.692. The summed E-state index contributed by atoms with van der Waals surface area (Å²) >= 11 is 2.46. The molecule has 0 aliphatic carbocycles. The van der Waals surface area contributed by atoms with Gasteiger partial charge in [0.15, 0.2) is 0 Å². The van der Waals surface area contributed by atoms with E-state index >= 15 is 0 Å². The van der Waals surface area contributed by atoms with E-state index in [0.29, 0.717) is 5.92 Å². The molecule has 4 nitrogen and oxygen atoms in total. The van der Waals surface area contributed by atoms with E-state index in [4.69, 9.17) is 0 Å². The summed E-state index contributed by atoms with van der Waals surface area (Å²) in [6.07, 6.45) is 12.6. The average Bonchev–Trinajstić information content (AvgIpc) is 2.97. The van der Waals surface area contributed by atoms with Gasteiger partial charge in [0.1, 0.15) is 0 Å². The Morgan fingerprint density at radius 2 is 1.75 bits per heavy atom. The number of hydrogen-bond donors (Lipinski definition) is 0. The lowest BCUT2D eigenvalue weighted by molar-refractivity contribution is 0.430. The second-order valence-electron chi connectivity index (χ2n) is 3.87. The Morgan fingerprint density at radius 3 is 2.31 bits per heavy atom. The lowest BCUT2D eigenvalue weighted by Crippen LogP contribution is -2.13. The van der Waals surface area contributed by atoms with Crippen LogP contribution in [0.1, 0.15) is 6.42 Å². The van der Waals surface area contributed by atoms with Gasteiger partial charge in [-0.25, -0.2) is 9.97 Å². The van der Waals surface area contributed by atoms with Crippen molar-refractivity contribution in [3.05, 3.63) is 37.4 Å². The van der Waals surface area contributed by atoms with Crippen molar-refractivity contribution in [2.24, 2.45) is 5.92 Å². The molecule has 0 fully saturated rings. The Bertz CT molecular complexity index is 382. The number of hydrogen-bond acceptors (Lipinski definition) is 2. The Hall–Kier alpha value is -0.850. The van der Waals surface area contributed by atoms with Gasteiger partial charge in [-0.05, 0) is 12.3 Å². The molecule has 16 heavy (non-hydrogen) atoms. The van der Waals surface area contributed by atoms with Crippen LogP contribution >= 0.6 is 22.6 Å². The summed E-state index contributed by atoms with van der Waals surface area (Å²) < 4.78 is 5.45. The third-order valence-corrected chi connectivity index (χ3v) is 3.85. The number of aryl methyl sites for hydroxylation is 1. The van der Waals surface area contributed by atoms with Gasteiger partial charge in [-0.15, -0.1) is 0 Å². The van der Waals surface area contributed by atoms with Gasteiger partial charge in [0.2, 0.25) is 0 Å². The van der Waals surface area contributed by atoms with Gasteiger partial charge in [0.25, 0.3) is 0 Å². The molecule has 86 valence electrons. The summed E-state index contributed by atoms with van der Waals surface area (Å²) in [5.41, 5.74) is 0. The summed E-state index contributed by atoms with van der Waals surface area (Å²) in [4.78, 5) is 8.11. The molecule has 0 radical (unpaired) electrons. The van der Waals surface area contributed by atoms with Crippen LogP contribution in [0.5, 0.6) is 0 Å². The first-order valence-corrected chi connectivity index (χ1v) is 6.88. The zero-order valence-corrected chi connectivity index (χ0v) is 11.2. The van der Waals surface area contributed by atoms with Crippen molar-refractivity contribution in [2.75, 3.05) is 4.43 Å². The monoisotopic (exact) mass is 330 g/mol. The van der Waals surface area contributed by atoms with Crippen LogP contribution in [0.25, 0.3) is 0 Å². The number of alkyl halides is 1. The van der Waals surface area contributed by atoms with Crippen molar-refractivity contribution in [3.8, 4) is 0 Å². The summed E-state index contributed by atoms with van der Waals surface area (Å²) in [7, 11) is 0. The second-order valence-corrected chi connectivity index (χ2v) is 4.75. The molecule has 2 heterocycles. The van der Waals surface area contributed by atoms with Gasteiger partial charge in [-0.2, -0.15) is 0 Å². The molecule has 0 saturated heterocycles. The number of imidazole rings is 2. The molecule has 5 heteroatoms. The van der Waals surface area contributed by atoms with Crippen molar-refractivity contribution in [1.29, 1.82) is 0 Å². The van der Waals surface area contributed by atoms with Crippen LogP contribution in [0.2, 0.25) is 0 Å². The highest BCUT2D eigenvalue weighted by Crippen LogP contribution is 2.12. The largest absolute Gasteiger partial charge is 0.337 e. The molecule has 0 aromatic carbocycles. The fourth-order valence-electron chi connectivity index (χ4n) is 1.66. The number of nitrogens with zero attached hydrogens (tertiary/aromatic N) is 4. The van der Waals surface area contributed by atoms with Gasteiger partial charge in [-0.3, -0.25) is 0 Å². The van der Waals surface area contributed by atoms with Crippen LogP contribution in [0, 0.1) is 5.92 Å². The molecule has 0 amide bonds. The quantitative estimate of drug-likeness (QED) is 0.601. The highest BCUT2D eigenvalue weighted by molar-refractivity contribution is 14.1. The Kier molecular flexibility index (Phi) is 4.38. The highest BCUT2D eigenvalue weighted by atomic mass is 127. The first-order valence-electron chi connectivity index (χ1n) is 5.36. The molecule has 1 atom stereocenters. The predicted octanol–water partition coefficient (Wildman–Crippen LogP) is 2.22. The fraction of sp³-hybridized carbons (Fsp3) is 0.455. The molecule has 0 N–H and O–H groups in total. The van der Waals surface area contributed by atoms with Crippen molar-refractivity contribution in [3.63, 3.8) is 0 Å². The number of aromatic nitrogens is 4. The molecule has 2 rings (SSSR count). The van der Waals surface area contributed by atoms with E-state index in [-0.39, 0.29) is 0 Å². The predicted molar refractivity (Wildman–Crippen MR) is 71.4 cm³/mol. The summed E-state index contributed by atoms with van der Waals surface area (Å²) in [6, 6.07) is 0. The molecule has 1 unspecified atom stereocenters. The van der Waals surface area contributed by atoms with Crippen molar-refractivity contribution in [2.45, 2.75) is 19.5 Å². The maximum atomic E-state index is 4.06. The smallest absolute Gasteiger partial charge is 0.0946 e. The van der Waals surface area contributed by atoms with Crippen LogP contribution in [0.4, 0.5) is 0 Å². The molecule has 2 aromatic rings. The lowest BCUT2D eigenvalue weighted by atomic mass is 10.1. The maximum Gasteiger partial charge on any atom is 0.0946 e. The first kappa shape index (κ1) is 11.6. The van der Waals surface area contributed by atoms with E-state index in [0.717, 1.165) is 13.1 Å². The molecule has 0 aliphatic rings. The summed E-state index contributed by atoms with van der Waals surface area (Å²) in [5, 5.41) is 0. The third kappa shape index (κ3) is 3.33. The second kappa shape index (κ2) is 6.03. The zero-order chi connectivity index (χ0) is 11.2. The van der Waals surface area contributed by atoms with Crippen LogP contribution in [0.15, 0.2) is 37.4 Å². The molecule has 0 bridgehead atoms. The van der Waals surface area contributed by atoms with Gasteiger partial charge in [0, 0.05) is 42.3 Å². The van der Waals surface area contributed by atoms with Crippen molar-refractivity contribution in [1.82, 2.24) is 19.1 Å². The van der Waals surface area contributed by atoms with E-state index in [1.807, 2.05) is 37.4 Å². The molecule has 0 saturated carbocycles. The Morgan fingerprint density at radius 1 is 1.06 bits per heavy atom. The van der Waals surface area contributed by atoms with Crippen molar-refractivity contribution < 1.29 is 0 Å². The van der Waals surface area contributed by atoms with Crippen LogP contribution in [0.3, 0.4) is 0 Å². The van der Waals surface area contributed by atoms with Crippen molar-refractivity contribution >= 4 is 22.6 Å². The van der Waals surface area contributed by atoms with E-state index in [1.165, 1.54) is 10.8 Å². The van der Waals surface area contributed by atoms with Crippen LogP contribution in [-0.2, 0) is 13.1 Å². The molecular formula is C11H15IN4. The third-order valence-electron chi connectivity index (χ3n) is 2.60. The van der Waals surface area contributed by atoms with Crippen LogP contribution < -0.4 is 0 Å². The molecule has 0 aliphatic heterocycles. The van der Waals surface area contributed by atoms with E-state index in [1.54, 1.807) is 0 Å². The van der Waals surface area contributed by atoms with E-state index in [2.05, 4.69) is 41.7 Å².